The number of ether oxygens (including phenoxy) is 2. The third kappa shape index (κ3) is 4.03. The first kappa shape index (κ1) is 19.5. The highest BCUT2D eigenvalue weighted by atomic mass is 19.4. The second-order valence-corrected chi connectivity index (χ2v) is 6.47. The summed E-state index contributed by atoms with van der Waals surface area (Å²) in [5.74, 6) is 0.352. The zero-order valence-corrected chi connectivity index (χ0v) is 15.1. The molecule has 0 spiro atoms. The lowest BCUT2D eigenvalue weighted by molar-refractivity contribution is -0.138. The van der Waals surface area contributed by atoms with E-state index in [9.17, 15) is 17.6 Å². The third-order valence-corrected chi connectivity index (χ3v) is 4.91. The van der Waals surface area contributed by atoms with Gasteiger partial charge in [0.15, 0.2) is 11.5 Å². The number of rotatable bonds is 5. The Kier molecular flexibility index (Phi) is 5.60. The zero-order chi connectivity index (χ0) is 19.6. The fourth-order valence-electron chi connectivity index (χ4n) is 3.59. The summed E-state index contributed by atoms with van der Waals surface area (Å²) in [5.41, 5.74) is 0.801. The zero-order valence-electron chi connectivity index (χ0n) is 15.1. The monoisotopic (exact) mass is 383 g/mol. The maximum atomic E-state index is 14.1. The van der Waals surface area contributed by atoms with Crippen LogP contribution >= 0.6 is 0 Å². The molecule has 0 unspecified atom stereocenters. The predicted molar refractivity (Wildman–Crippen MR) is 93.7 cm³/mol. The summed E-state index contributed by atoms with van der Waals surface area (Å²) in [6.07, 6.45) is -3.48. The minimum atomic E-state index is -4.58. The molecule has 3 rings (SSSR count). The number of benzene rings is 2. The maximum Gasteiger partial charge on any atom is 0.416 e. The van der Waals surface area contributed by atoms with E-state index in [1.54, 1.807) is 7.11 Å². The van der Waals surface area contributed by atoms with Crippen molar-refractivity contribution in [2.75, 3.05) is 20.8 Å². The molecule has 0 bridgehead atoms. The Morgan fingerprint density at radius 2 is 1.81 bits per heavy atom. The smallest absolute Gasteiger partial charge is 0.416 e. The summed E-state index contributed by atoms with van der Waals surface area (Å²) < 4.78 is 64.3. The minimum Gasteiger partial charge on any atom is -0.493 e. The molecule has 0 aromatic heterocycles. The third-order valence-electron chi connectivity index (χ3n) is 4.91. The first-order chi connectivity index (χ1) is 12.8. The van der Waals surface area contributed by atoms with Crippen LogP contribution in [-0.2, 0) is 19.0 Å². The summed E-state index contributed by atoms with van der Waals surface area (Å²) in [6, 6.07) is 6.64. The number of hydrogen-bond donors (Lipinski definition) is 1. The first-order valence-electron chi connectivity index (χ1n) is 8.68. The van der Waals surface area contributed by atoms with Crippen molar-refractivity contribution in [3.8, 4) is 11.5 Å². The Balaban J connectivity index is 1.88. The van der Waals surface area contributed by atoms with E-state index < -0.39 is 17.6 Å². The molecule has 1 N–H and O–H groups in total. The van der Waals surface area contributed by atoms with Crippen molar-refractivity contribution < 1.29 is 27.0 Å². The van der Waals surface area contributed by atoms with Gasteiger partial charge in [0.1, 0.15) is 5.82 Å². The van der Waals surface area contributed by atoms with Crippen LogP contribution in [0.3, 0.4) is 0 Å². The first-order valence-corrected chi connectivity index (χ1v) is 8.68. The highest BCUT2D eigenvalue weighted by molar-refractivity contribution is 5.49. The molecule has 0 fully saturated rings. The molecular weight excluding hydrogens is 362 g/mol. The van der Waals surface area contributed by atoms with E-state index in [4.69, 9.17) is 9.47 Å². The van der Waals surface area contributed by atoms with Crippen molar-refractivity contribution in [2.45, 2.75) is 31.5 Å². The number of nitrogens with one attached hydrogen (secondary N) is 1. The molecule has 0 radical (unpaired) electrons. The molecule has 7 heteroatoms. The van der Waals surface area contributed by atoms with Crippen LogP contribution in [0.15, 0.2) is 30.3 Å². The second-order valence-electron chi connectivity index (χ2n) is 6.47. The van der Waals surface area contributed by atoms with Gasteiger partial charge in [0.25, 0.3) is 0 Å². The van der Waals surface area contributed by atoms with E-state index in [1.165, 1.54) is 7.11 Å². The topological polar surface area (TPSA) is 30.5 Å². The number of methoxy groups -OCH3 is 2. The summed E-state index contributed by atoms with van der Waals surface area (Å²) >= 11 is 0. The standard InChI is InChI=1S/C20H21F4NO2/c1-26-18-10-12-8-9-25-17(14(12)11-19(18)27-2)7-6-13-15(20(22,23)24)4-3-5-16(13)21/h3-5,10-11,17,25H,6-9H2,1-2H3/t17-/m0/s1. The van der Waals surface area contributed by atoms with Gasteiger partial charge in [-0.25, -0.2) is 4.39 Å². The number of hydrogen-bond acceptors (Lipinski definition) is 3. The van der Waals surface area contributed by atoms with Gasteiger partial charge in [-0.1, -0.05) is 6.07 Å². The van der Waals surface area contributed by atoms with Crippen molar-refractivity contribution in [2.24, 2.45) is 0 Å². The van der Waals surface area contributed by atoms with E-state index >= 15 is 0 Å². The average Bonchev–Trinajstić information content (AvgIpc) is 2.64. The van der Waals surface area contributed by atoms with Crippen molar-refractivity contribution in [3.63, 3.8) is 0 Å². The van der Waals surface area contributed by atoms with E-state index in [0.29, 0.717) is 24.5 Å². The molecule has 0 saturated carbocycles. The van der Waals surface area contributed by atoms with Crippen LogP contribution in [0, 0.1) is 5.82 Å². The second kappa shape index (κ2) is 7.76. The van der Waals surface area contributed by atoms with E-state index in [-0.39, 0.29) is 18.0 Å². The van der Waals surface area contributed by atoms with Gasteiger partial charge in [0.05, 0.1) is 19.8 Å². The van der Waals surface area contributed by atoms with Crippen LogP contribution < -0.4 is 14.8 Å². The van der Waals surface area contributed by atoms with Gasteiger partial charge < -0.3 is 14.8 Å². The lowest BCUT2D eigenvalue weighted by atomic mass is 9.89. The van der Waals surface area contributed by atoms with Crippen molar-refractivity contribution in [3.05, 3.63) is 58.4 Å². The largest absolute Gasteiger partial charge is 0.493 e. The molecule has 2 aromatic carbocycles. The summed E-state index contributed by atoms with van der Waals surface area (Å²) in [5, 5.41) is 3.31. The van der Waals surface area contributed by atoms with Crippen molar-refractivity contribution >= 4 is 0 Å². The van der Waals surface area contributed by atoms with Gasteiger partial charge in [0, 0.05) is 11.6 Å². The lowest BCUT2D eigenvalue weighted by Crippen LogP contribution is -2.30. The number of halogens is 4. The van der Waals surface area contributed by atoms with Crippen molar-refractivity contribution in [1.82, 2.24) is 5.32 Å². The molecule has 1 atom stereocenters. The van der Waals surface area contributed by atoms with Crippen LogP contribution in [0.1, 0.15) is 34.7 Å². The lowest BCUT2D eigenvalue weighted by Gasteiger charge is -2.28. The Morgan fingerprint density at radius 3 is 2.48 bits per heavy atom. The molecule has 0 amide bonds. The van der Waals surface area contributed by atoms with Crippen LogP contribution in [0.2, 0.25) is 0 Å². The normalized spacial score (nSPS) is 16.7. The molecule has 0 aliphatic carbocycles. The number of fused-ring (bicyclic) bond motifs is 1. The van der Waals surface area contributed by atoms with E-state index in [2.05, 4.69) is 5.32 Å². The summed E-state index contributed by atoms with van der Waals surface area (Å²) in [6.45, 7) is 0.691. The molecule has 0 saturated heterocycles. The minimum absolute atomic E-state index is 0.0209. The molecular formula is C20H21F4NO2. The summed E-state index contributed by atoms with van der Waals surface area (Å²) in [4.78, 5) is 0. The Morgan fingerprint density at radius 1 is 1.11 bits per heavy atom. The van der Waals surface area contributed by atoms with Crippen LogP contribution in [0.25, 0.3) is 0 Å². The Labute approximate surface area is 155 Å². The van der Waals surface area contributed by atoms with Gasteiger partial charge >= 0.3 is 6.18 Å². The van der Waals surface area contributed by atoms with Gasteiger partial charge in [-0.05, 0) is 61.2 Å². The highest BCUT2D eigenvalue weighted by Crippen LogP contribution is 2.38. The van der Waals surface area contributed by atoms with Gasteiger partial charge in [-0.15, -0.1) is 0 Å². The molecule has 2 aromatic rings. The predicted octanol–water partition coefficient (Wildman–Crippen LogP) is 4.68. The van der Waals surface area contributed by atoms with Crippen LogP contribution in [-0.4, -0.2) is 20.8 Å². The fourth-order valence-corrected chi connectivity index (χ4v) is 3.59. The molecule has 146 valence electrons. The van der Waals surface area contributed by atoms with Crippen LogP contribution in [0.4, 0.5) is 17.6 Å². The van der Waals surface area contributed by atoms with Crippen molar-refractivity contribution in [1.29, 1.82) is 0 Å². The Bertz CT molecular complexity index is 820. The van der Waals surface area contributed by atoms with Gasteiger partial charge in [-0.2, -0.15) is 13.2 Å². The summed E-state index contributed by atoms with van der Waals surface area (Å²) in [7, 11) is 3.09. The van der Waals surface area contributed by atoms with E-state index in [0.717, 1.165) is 35.7 Å². The fraction of sp³-hybridized carbons (Fsp3) is 0.400. The Hall–Kier alpha value is -2.28. The quantitative estimate of drug-likeness (QED) is 0.761. The molecule has 1 aliphatic rings. The molecule has 1 heterocycles. The SMILES string of the molecule is COc1cc2c(cc1OC)[C@H](CCc1c(F)cccc1C(F)(F)F)NCC2. The van der Waals surface area contributed by atoms with Gasteiger partial charge in [-0.3, -0.25) is 0 Å². The highest BCUT2D eigenvalue weighted by Gasteiger charge is 2.34. The maximum absolute atomic E-state index is 14.1. The molecule has 1 aliphatic heterocycles. The number of alkyl halides is 3. The molecule has 3 nitrogen and oxygen atoms in total. The molecule has 27 heavy (non-hydrogen) atoms. The van der Waals surface area contributed by atoms with Crippen LogP contribution in [0.5, 0.6) is 11.5 Å². The van der Waals surface area contributed by atoms with Gasteiger partial charge in [0.2, 0.25) is 0 Å². The van der Waals surface area contributed by atoms with E-state index in [1.807, 2.05) is 12.1 Å². The average molecular weight is 383 g/mol.